The molecule has 1 fully saturated rings. The molecule has 0 N–H and O–H groups in total. The highest BCUT2D eigenvalue weighted by molar-refractivity contribution is 7.09. The van der Waals surface area contributed by atoms with Gasteiger partial charge in [-0.1, -0.05) is 6.07 Å². The van der Waals surface area contributed by atoms with Gasteiger partial charge in [0.25, 0.3) is 5.91 Å². The molecular formula is C16H18N2O3S. The van der Waals surface area contributed by atoms with Gasteiger partial charge in [0.05, 0.1) is 20.3 Å². The van der Waals surface area contributed by atoms with Crippen molar-refractivity contribution in [3.8, 4) is 11.5 Å². The zero-order chi connectivity index (χ0) is 15.5. The van der Waals surface area contributed by atoms with Crippen LogP contribution in [0.3, 0.4) is 0 Å². The van der Waals surface area contributed by atoms with Gasteiger partial charge < -0.3 is 14.4 Å². The van der Waals surface area contributed by atoms with Crippen molar-refractivity contribution in [2.24, 2.45) is 0 Å². The third-order valence-corrected chi connectivity index (χ3v) is 4.77. The Hall–Kier alpha value is -2.08. The lowest BCUT2D eigenvalue weighted by Gasteiger charge is -2.24. The molecule has 116 valence electrons. The van der Waals surface area contributed by atoms with E-state index in [4.69, 9.17) is 9.47 Å². The van der Waals surface area contributed by atoms with E-state index in [1.165, 1.54) is 0 Å². The van der Waals surface area contributed by atoms with Crippen molar-refractivity contribution >= 4 is 17.2 Å². The molecule has 0 saturated carbocycles. The summed E-state index contributed by atoms with van der Waals surface area (Å²) in [4.78, 5) is 19.3. The van der Waals surface area contributed by atoms with Crippen molar-refractivity contribution in [3.05, 3.63) is 40.3 Å². The highest BCUT2D eigenvalue weighted by atomic mass is 32.1. The molecule has 2 heterocycles. The molecule has 22 heavy (non-hydrogen) atoms. The molecule has 1 aliphatic rings. The van der Waals surface area contributed by atoms with Gasteiger partial charge in [-0.05, 0) is 25.0 Å². The maximum atomic E-state index is 13.1. The van der Waals surface area contributed by atoms with Crippen LogP contribution in [0.25, 0.3) is 0 Å². The summed E-state index contributed by atoms with van der Waals surface area (Å²) >= 11 is 1.59. The lowest BCUT2D eigenvalue weighted by Crippen LogP contribution is -2.31. The number of benzene rings is 1. The van der Waals surface area contributed by atoms with E-state index in [-0.39, 0.29) is 11.9 Å². The molecule has 1 amide bonds. The van der Waals surface area contributed by atoms with Crippen LogP contribution in [0, 0.1) is 0 Å². The van der Waals surface area contributed by atoms with Crippen LogP contribution in [-0.4, -0.2) is 36.6 Å². The average Bonchev–Trinajstić information content (AvgIpc) is 3.23. The molecule has 2 aromatic rings. The lowest BCUT2D eigenvalue weighted by atomic mass is 10.1. The van der Waals surface area contributed by atoms with E-state index in [1.807, 2.05) is 16.3 Å². The number of carbonyl (C=O) groups excluding carboxylic acids is 1. The molecule has 0 radical (unpaired) electrons. The van der Waals surface area contributed by atoms with Gasteiger partial charge in [0.1, 0.15) is 22.1 Å². The third kappa shape index (κ3) is 2.54. The third-order valence-electron chi connectivity index (χ3n) is 3.89. The summed E-state index contributed by atoms with van der Waals surface area (Å²) in [5.74, 6) is 1.01. The summed E-state index contributed by atoms with van der Waals surface area (Å²) in [5, 5.41) is 2.93. The molecule has 1 unspecified atom stereocenters. The SMILES string of the molecule is COc1cccc(OC)c1C(=O)N1CCCC1c1nccs1. The molecule has 1 atom stereocenters. The van der Waals surface area contributed by atoms with E-state index in [0.717, 1.165) is 24.4 Å². The molecule has 0 bridgehead atoms. The molecule has 5 nitrogen and oxygen atoms in total. The number of nitrogens with zero attached hydrogens (tertiary/aromatic N) is 2. The van der Waals surface area contributed by atoms with Crippen molar-refractivity contribution in [3.63, 3.8) is 0 Å². The van der Waals surface area contributed by atoms with Crippen molar-refractivity contribution in [2.75, 3.05) is 20.8 Å². The minimum atomic E-state index is -0.0630. The summed E-state index contributed by atoms with van der Waals surface area (Å²) < 4.78 is 10.7. The van der Waals surface area contributed by atoms with Crippen LogP contribution >= 0.6 is 11.3 Å². The van der Waals surface area contributed by atoms with E-state index >= 15 is 0 Å². The van der Waals surface area contributed by atoms with E-state index in [1.54, 1.807) is 43.9 Å². The highest BCUT2D eigenvalue weighted by Crippen LogP contribution is 2.37. The first-order valence-electron chi connectivity index (χ1n) is 7.17. The van der Waals surface area contributed by atoms with Crippen LogP contribution < -0.4 is 9.47 Å². The number of ether oxygens (including phenoxy) is 2. The normalized spacial score (nSPS) is 17.5. The Balaban J connectivity index is 1.97. The predicted molar refractivity (Wildman–Crippen MR) is 84.7 cm³/mol. The number of hydrogen-bond acceptors (Lipinski definition) is 5. The number of rotatable bonds is 4. The van der Waals surface area contributed by atoms with Crippen LogP contribution in [0.2, 0.25) is 0 Å². The summed E-state index contributed by atoms with van der Waals surface area (Å²) in [6.07, 6.45) is 3.70. The van der Waals surface area contributed by atoms with Crippen molar-refractivity contribution in [1.82, 2.24) is 9.88 Å². The summed E-state index contributed by atoms with van der Waals surface area (Å²) in [7, 11) is 3.13. The second-order valence-electron chi connectivity index (χ2n) is 5.06. The van der Waals surface area contributed by atoms with Gasteiger partial charge in [0.15, 0.2) is 0 Å². The number of carbonyl (C=O) groups is 1. The summed E-state index contributed by atoms with van der Waals surface area (Å²) in [6, 6.07) is 5.42. The van der Waals surface area contributed by atoms with E-state index < -0.39 is 0 Å². The lowest BCUT2D eigenvalue weighted by molar-refractivity contribution is 0.0728. The Morgan fingerprint density at radius 2 is 2.05 bits per heavy atom. The standard InChI is InChI=1S/C16H18N2O3S/c1-20-12-6-3-7-13(21-2)14(12)16(19)18-9-4-5-11(18)15-17-8-10-22-15/h3,6-8,10-11H,4-5,9H2,1-2H3. The van der Waals surface area contributed by atoms with Crippen LogP contribution in [-0.2, 0) is 0 Å². The van der Waals surface area contributed by atoms with Gasteiger partial charge in [0.2, 0.25) is 0 Å². The first kappa shape index (κ1) is 14.8. The van der Waals surface area contributed by atoms with Crippen molar-refractivity contribution in [1.29, 1.82) is 0 Å². The topological polar surface area (TPSA) is 51.7 Å². The number of hydrogen-bond donors (Lipinski definition) is 0. The van der Waals surface area contributed by atoms with Gasteiger partial charge >= 0.3 is 0 Å². The monoisotopic (exact) mass is 318 g/mol. The smallest absolute Gasteiger partial charge is 0.262 e. The Morgan fingerprint density at radius 1 is 1.32 bits per heavy atom. The van der Waals surface area contributed by atoms with Gasteiger partial charge in [-0.25, -0.2) is 4.98 Å². The average molecular weight is 318 g/mol. The Morgan fingerprint density at radius 3 is 2.64 bits per heavy atom. The zero-order valence-corrected chi connectivity index (χ0v) is 13.4. The second kappa shape index (κ2) is 6.36. The Labute approximate surface area is 133 Å². The van der Waals surface area contributed by atoms with E-state index in [9.17, 15) is 4.79 Å². The van der Waals surface area contributed by atoms with Gasteiger partial charge in [-0.15, -0.1) is 11.3 Å². The highest BCUT2D eigenvalue weighted by Gasteiger charge is 2.34. The van der Waals surface area contributed by atoms with Crippen LogP contribution in [0.15, 0.2) is 29.8 Å². The fourth-order valence-electron chi connectivity index (χ4n) is 2.87. The fraction of sp³-hybridized carbons (Fsp3) is 0.375. The van der Waals surface area contributed by atoms with Crippen LogP contribution in [0.5, 0.6) is 11.5 Å². The molecule has 1 saturated heterocycles. The van der Waals surface area contributed by atoms with Crippen molar-refractivity contribution in [2.45, 2.75) is 18.9 Å². The van der Waals surface area contributed by atoms with Gasteiger partial charge in [-0.2, -0.15) is 0 Å². The first-order chi connectivity index (χ1) is 10.8. The van der Waals surface area contributed by atoms with Gasteiger partial charge in [0, 0.05) is 18.1 Å². The molecule has 0 spiro atoms. The number of methoxy groups -OCH3 is 2. The van der Waals surface area contributed by atoms with Gasteiger partial charge in [-0.3, -0.25) is 4.79 Å². The predicted octanol–water partition coefficient (Wildman–Crippen LogP) is 3.14. The molecular weight excluding hydrogens is 300 g/mol. The fourth-order valence-corrected chi connectivity index (χ4v) is 3.66. The Kier molecular flexibility index (Phi) is 4.29. The Bertz CT molecular complexity index is 635. The zero-order valence-electron chi connectivity index (χ0n) is 12.6. The second-order valence-corrected chi connectivity index (χ2v) is 5.99. The number of thiazole rings is 1. The number of likely N-dealkylation sites (tertiary alicyclic amines) is 1. The molecule has 1 aromatic carbocycles. The number of amides is 1. The largest absolute Gasteiger partial charge is 0.496 e. The minimum Gasteiger partial charge on any atom is -0.496 e. The number of aromatic nitrogens is 1. The van der Waals surface area contributed by atoms with Crippen LogP contribution in [0.4, 0.5) is 0 Å². The molecule has 1 aliphatic heterocycles. The molecule has 0 aliphatic carbocycles. The molecule has 6 heteroatoms. The first-order valence-corrected chi connectivity index (χ1v) is 8.05. The quantitative estimate of drug-likeness (QED) is 0.869. The van der Waals surface area contributed by atoms with Crippen LogP contribution in [0.1, 0.15) is 34.2 Å². The summed E-state index contributed by atoms with van der Waals surface area (Å²) in [5.41, 5.74) is 0.482. The van der Waals surface area contributed by atoms with E-state index in [0.29, 0.717) is 17.1 Å². The van der Waals surface area contributed by atoms with Crippen molar-refractivity contribution < 1.29 is 14.3 Å². The maximum absolute atomic E-state index is 13.1. The molecule has 1 aromatic heterocycles. The molecule has 3 rings (SSSR count). The maximum Gasteiger partial charge on any atom is 0.262 e. The van der Waals surface area contributed by atoms with E-state index in [2.05, 4.69) is 4.98 Å². The minimum absolute atomic E-state index is 0.0436. The summed E-state index contributed by atoms with van der Waals surface area (Å²) in [6.45, 7) is 0.726.